The highest BCUT2D eigenvalue weighted by Crippen LogP contribution is 2.30. The van der Waals surface area contributed by atoms with Crippen molar-refractivity contribution in [2.75, 3.05) is 18.4 Å². The first-order chi connectivity index (χ1) is 12.5. The molecule has 2 N–H and O–H groups in total. The molecule has 2 amide bonds. The average Bonchev–Trinajstić information content (AvgIpc) is 3.22. The SMILES string of the molecule is Cc1cnc2nc(-c3cc(NC(=O)N4CCC(F)C4)ccc3Cl)[nH]c2c1. The Bertz CT molecular complexity index is 989. The number of carbonyl (C=O) groups excluding carboxylic acids is 1. The molecule has 3 aromatic rings. The summed E-state index contributed by atoms with van der Waals surface area (Å²) in [7, 11) is 0. The number of pyridine rings is 1. The van der Waals surface area contributed by atoms with Crippen molar-refractivity contribution in [3.05, 3.63) is 41.0 Å². The topological polar surface area (TPSA) is 73.9 Å². The van der Waals surface area contributed by atoms with Gasteiger partial charge >= 0.3 is 6.03 Å². The fraction of sp³-hybridized carbons (Fsp3) is 0.278. The van der Waals surface area contributed by atoms with Crippen molar-refractivity contribution in [3.8, 4) is 11.4 Å². The lowest BCUT2D eigenvalue weighted by Gasteiger charge is -2.16. The van der Waals surface area contributed by atoms with Crippen LogP contribution in [0.3, 0.4) is 0 Å². The third-order valence-electron chi connectivity index (χ3n) is 4.36. The van der Waals surface area contributed by atoms with E-state index in [1.54, 1.807) is 24.4 Å². The molecule has 3 heterocycles. The number of carbonyl (C=O) groups is 1. The molecule has 8 heteroatoms. The number of halogens is 2. The molecule has 1 aliphatic rings. The zero-order valence-corrected chi connectivity index (χ0v) is 14.8. The zero-order valence-electron chi connectivity index (χ0n) is 14.1. The second kappa shape index (κ2) is 6.57. The number of aryl methyl sites for hydroxylation is 1. The van der Waals surface area contributed by atoms with Crippen LogP contribution in [0.5, 0.6) is 0 Å². The van der Waals surface area contributed by atoms with Crippen LogP contribution in [0, 0.1) is 6.92 Å². The van der Waals surface area contributed by atoms with Crippen LogP contribution in [-0.4, -0.2) is 45.1 Å². The molecule has 1 aromatic carbocycles. The van der Waals surface area contributed by atoms with Gasteiger partial charge in [0.15, 0.2) is 5.65 Å². The highest BCUT2D eigenvalue weighted by Gasteiger charge is 2.26. The molecule has 1 unspecified atom stereocenters. The van der Waals surface area contributed by atoms with E-state index in [-0.39, 0.29) is 12.6 Å². The maximum absolute atomic E-state index is 13.3. The zero-order chi connectivity index (χ0) is 18.3. The largest absolute Gasteiger partial charge is 0.337 e. The normalized spacial score (nSPS) is 17.0. The molecule has 1 fully saturated rings. The minimum atomic E-state index is -0.951. The third-order valence-corrected chi connectivity index (χ3v) is 4.69. The highest BCUT2D eigenvalue weighted by molar-refractivity contribution is 6.33. The minimum Gasteiger partial charge on any atom is -0.337 e. The number of rotatable bonds is 2. The number of H-pyrrole nitrogens is 1. The molecule has 6 nitrogen and oxygen atoms in total. The summed E-state index contributed by atoms with van der Waals surface area (Å²) < 4.78 is 13.3. The maximum Gasteiger partial charge on any atom is 0.321 e. The van der Waals surface area contributed by atoms with Crippen LogP contribution in [0.1, 0.15) is 12.0 Å². The van der Waals surface area contributed by atoms with E-state index in [0.29, 0.717) is 40.7 Å². The second-order valence-corrected chi connectivity index (χ2v) is 6.83. The Labute approximate surface area is 154 Å². The number of aromatic amines is 1. The lowest BCUT2D eigenvalue weighted by molar-refractivity contribution is 0.218. The number of alkyl halides is 1. The van der Waals surface area contributed by atoms with Gasteiger partial charge in [-0.15, -0.1) is 0 Å². The molecular formula is C18H17ClFN5O. The lowest BCUT2D eigenvalue weighted by Crippen LogP contribution is -2.33. The van der Waals surface area contributed by atoms with Gasteiger partial charge in [0, 0.05) is 24.0 Å². The summed E-state index contributed by atoms with van der Waals surface area (Å²) in [4.78, 5) is 25.7. The van der Waals surface area contributed by atoms with Gasteiger partial charge in [0.2, 0.25) is 0 Å². The summed E-state index contributed by atoms with van der Waals surface area (Å²) in [5.41, 5.74) is 3.67. The number of benzene rings is 1. The number of nitrogens with zero attached hydrogens (tertiary/aromatic N) is 3. The molecule has 1 saturated heterocycles. The quantitative estimate of drug-likeness (QED) is 0.708. The fourth-order valence-electron chi connectivity index (χ4n) is 3.02. The van der Waals surface area contributed by atoms with Crippen molar-refractivity contribution in [2.45, 2.75) is 19.5 Å². The molecule has 1 aliphatic heterocycles. The number of anilines is 1. The summed E-state index contributed by atoms with van der Waals surface area (Å²) in [5, 5.41) is 3.29. The van der Waals surface area contributed by atoms with Gasteiger partial charge in [-0.05, 0) is 43.2 Å². The van der Waals surface area contributed by atoms with E-state index in [9.17, 15) is 9.18 Å². The molecule has 134 valence electrons. The standard InChI is InChI=1S/C18H17ClFN5O/c1-10-6-15-17(21-8-10)24-16(23-15)13-7-12(2-3-14(13)19)22-18(26)25-5-4-11(20)9-25/h2-3,6-8,11H,4-5,9H2,1H3,(H,22,26)(H,21,23,24). The van der Waals surface area contributed by atoms with Gasteiger partial charge in [0.05, 0.1) is 17.1 Å². The monoisotopic (exact) mass is 373 g/mol. The molecule has 0 radical (unpaired) electrons. The molecular weight excluding hydrogens is 357 g/mol. The number of urea groups is 1. The van der Waals surface area contributed by atoms with Crippen LogP contribution < -0.4 is 5.32 Å². The van der Waals surface area contributed by atoms with Gasteiger partial charge in [-0.1, -0.05) is 11.6 Å². The molecule has 0 saturated carbocycles. The predicted molar refractivity (Wildman–Crippen MR) is 99.2 cm³/mol. The molecule has 0 bridgehead atoms. The summed E-state index contributed by atoms with van der Waals surface area (Å²) >= 11 is 6.32. The van der Waals surface area contributed by atoms with E-state index < -0.39 is 6.17 Å². The summed E-state index contributed by atoms with van der Waals surface area (Å²) in [6.07, 6.45) is 1.18. The molecule has 1 atom stereocenters. The number of nitrogens with one attached hydrogen (secondary N) is 2. The Balaban J connectivity index is 1.62. The Morgan fingerprint density at radius 1 is 1.42 bits per heavy atom. The van der Waals surface area contributed by atoms with Gasteiger partial charge in [-0.3, -0.25) is 0 Å². The van der Waals surface area contributed by atoms with E-state index in [0.717, 1.165) is 11.1 Å². The van der Waals surface area contributed by atoms with E-state index in [2.05, 4.69) is 20.3 Å². The van der Waals surface area contributed by atoms with Crippen LogP contribution in [0.25, 0.3) is 22.6 Å². The van der Waals surface area contributed by atoms with E-state index in [1.807, 2.05) is 13.0 Å². The number of fused-ring (bicyclic) bond motifs is 1. The van der Waals surface area contributed by atoms with Crippen LogP contribution in [0.15, 0.2) is 30.5 Å². The molecule has 0 spiro atoms. The van der Waals surface area contributed by atoms with Crippen molar-refractivity contribution in [3.63, 3.8) is 0 Å². The molecule has 0 aliphatic carbocycles. The number of imidazole rings is 1. The van der Waals surface area contributed by atoms with Gasteiger partial charge in [0.25, 0.3) is 0 Å². The molecule has 4 rings (SSSR count). The van der Waals surface area contributed by atoms with E-state index in [1.165, 1.54) is 4.90 Å². The fourth-order valence-corrected chi connectivity index (χ4v) is 3.23. The number of amides is 2. The average molecular weight is 374 g/mol. The predicted octanol–water partition coefficient (Wildman–Crippen LogP) is 4.16. The van der Waals surface area contributed by atoms with Gasteiger partial charge in [-0.2, -0.15) is 0 Å². The number of likely N-dealkylation sites (tertiary alicyclic amines) is 1. The van der Waals surface area contributed by atoms with E-state index >= 15 is 0 Å². The van der Waals surface area contributed by atoms with Gasteiger partial charge < -0.3 is 15.2 Å². The summed E-state index contributed by atoms with van der Waals surface area (Å²) in [5.74, 6) is 0.573. The van der Waals surface area contributed by atoms with Crippen molar-refractivity contribution in [1.82, 2.24) is 19.9 Å². The Hall–Kier alpha value is -2.67. The first kappa shape index (κ1) is 16.8. The first-order valence-corrected chi connectivity index (χ1v) is 8.69. The Morgan fingerprint density at radius 3 is 3.04 bits per heavy atom. The minimum absolute atomic E-state index is 0.126. The Morgan fingerprint density at radius 2 is 2.27 bits per heavy atom. The van der Waals surface area contributed by atoms with Crippen molar-refractivity contribution in [1.29, 1.82) is 0 Å². The smallest absolute Gasteiger partial charge is 0.321 e. The van der Waals surface area contributed by atoms with E-state index in [4.69, 9.17) is 11.6 Å². The molecule has 26 heavy (non-hydrogen) atoms. The van der Waals surface area contributed by atoms with Crippen LogP contribution >= 0.6 is 11.6 Å². The third kappa shape index (κ3) is 3.22. The second-order valence-electron chi connectivity index (χ2n) is 6.43. The number of aromatic nitrogens is 3. The summed E-state index contributed by atoms with van der Waals surface area (Å²) in [6, 6.07) is 6.78. The molecule has 2 aromatic heterocycles. The van der Waals surface area contributed by atoms with Gasteiger partial charge in [-0.25, -0.2) is 19.2 Å². The van der Waals surface area contributed by atoms with Gasteiger partial charge in [0.1, 0.15) is 12.0 Å². The summed E-state index contributed by atoms with van der Waals surface area (Å²) in [6.45, 7) is 2.50. The maximum atomic E-state index is 13.3. The highest BCUT2D eigenvalue weighted by atomic mass is 35.5. The Kier molecular flexibility index (Phi) is 4.24. The van der Waals surface area contributed by atoms with Crippen LogP contribution in [0.4, 0.5) is 14.9 Å². The number of hydrogen-bond acceptors (Lipinski definition) is 3. The van der Waals surface area contributed by atoms with Crippen molar-refractivity contribution in [2.24, 2.45) is 0 Å². The van der Waals surface area contributed by atoms with Crippen LogP contribution in [-0.2, 0) is 0 Å². The number of hydrogen-bond donors (Lipinski definition) is 2. The first-order valence-electron chi connectivity index (χ1n) is 8.32. The lowest BCUT2D eigenvalue weighted by atomic mass is 10.2. The van der Waals surface area contributed by atoms with Crippen LogP contribution in [0.2, 0.25) is 5.02 Å². The van der Waals surface area contributed by atoms with Crippen molar-refractivity contribution < 1.29 is 9.18 Å². The van der Waals surface area contributed by atoms with Crippen molar-refractivity contribution >= 4 is 34.5 Å².